The molecule has 1 saturated heterocycles. The van der Waals surface area contributed by atoms with Crippen LogP contribution in [0.15, 0.2) is 28.8 Å². The zero-order valence-electron chi connectivity index (χ0n) is 9.10. The second-order valence-electron chi connectivity index (χ2n) is 4.23. The number of para-hydroxylation sites is 1. The Hall–Kier alpha value is -1.55. The zero-order chi connectivity index (χ0) is 11.0. The van der Waals surface area contributed by atoms with E-state index in [0.717, 1.165) is 29.8 Å². The Kier molecular flexibility index (Phi) is 2.29. The number of fused-ring (bicyclic) bond motifs is 1. The number of aromatic nitrogens is 1. The lowest BCUT2D eigenvalue weighted by Crippen LogP contribution is -2.35. The van der Waals surface area contributed by atoms with Gasteiger partial charge in [-0.1, -0.05) is 17.3 Å². The zero-order valence-corrected chi connectivity index (χ0v) is 9.10. The summed E-state index contributed by atoms with van der Waals surface area (Å²) in [5, 5.41) is 5.26. The maximum atomic E-state index is 5.77. The summed E-state index contributed by atoms with van der Waals surface area (Å²) in [4.78, 5) is 2.27. The van der Waals surface area contributed by atoms with Crippen molar-refractivity contribution in [2.75, 3.05) is 18.0 Å². The predicted octanol–water partition coefficient (Wildman–Crippen LogP) is 1.76. The second-order valence-corrected chi connectivity index (χ2v) is 4.23. The minimum atomic E-state index is 0.411. The Morgan fingerprint density at radius 3 is 3.19 bits per heavy atom. The summed E-state index contributed by atoms with van der Waals surface area (Å²) in [5.74, 6) is 0.948. The van der Waals surface area contributed by atoms with Gasteiger partial charge in [0.1, 0.15) is 0 Å². The fourth-order valence-electron chi connectivity index (χ4n) is 2.44. The lowest BCUT2D eigenvalue weighted by Gasteiger charge is -2.22. The number of anilines is 1. The highest BCUT2D eigenvalue weighted by molar-refractivity contribution is 5.88. The van der Waals surface area contributed by atoms with E-state index in [-0.39, 0.29) is 0 Å². The van der Waals surface area contributed by atoms with Crippen molar-refractivity contribution in [1.82, 2.24) is 5.16 Å². The molecule has 16 heavy (non-hydrogen) atoms. The largest absolute Gasteiger partial charge is 0.354 e. The van der Waals surface area contributed by atoms with Crippen LogP contribution in [0.25, 0.3) is 11.0 Å². The number of hydrogen-bond acceptors (Lipinski definition) is 4. The van der Waals surface area contributed by atoms with E-state index in [1.54, 1.807) is 0 Å². The Morgan fingerprint density at radius 1 is 1.44 bits per heavy atom. The first-order valence-corrected chi connectivity index (χ1v) is 5.71. The molecular formula is C12H15N3O. The van der Waals surface area contributed by atoms with Crippen molar-refractivity contribution in [2.45, 2.75) is 18.9 Å². The molecule has 1 atom stereocenters. The molecule has 0 bridgehead atoms. The van der Waals surface area contributed by atoms with Gasteiger partial charge in [-0.2, -0.15) is 0 Å². The SMILES string of the molecule is NCC1CCCN1c1noc2ccccc12. The van der Waals surface area contributed by atoms with Gasteiger partial charge in [-0.3, -0.25) is 0 Å². The van der Waals surface area contributed by atoms with E-state index >= 15 is 0 Å². The third-order valence-corrected chi connectivity index (χ3v) is 3.28. The molecule has 3 rings (SSSR count). The molecule has 0 aliphatic carbocycles. The third kappa shape index (κ3) is 1.38. The standard InChI is InChI=1S/C12H15N3O/c13-8-9-4-3-7-15(9)12-10-5-1-2-6-11(10)16-14-12/h1-2,5-6,9H,3-4,7-8,13H2. The van der Waals surface area contributed by atoms with Crippen LogP contribution in [0, 0.1) is 0 Å². The Bertz CT molecular complexity index is 494. The summed E-state index contributed by atoms with van der Waals surface area (Å²) in [7, 11) is 0. The molecule has 0 amide bonds. The van der Waals surface area contributed by atoms with Crippen LogP contribution in [-0.4, -0.2) is 24.3 Å². The summed E-state index contributed by atoms with van der Waals surface area (Å²) in [5.41, 5.74) is 6.62. The summed E-state index contributed by atoms with van der Waals surface area (Å²) < 4.78 is 5.32. The maximum Gasteiger partial charge on any atom is 0.180 e. The number of nitrogens with zero attached hydrogens (tertiary/aromatic N) is 2. The number of benzene rings is 1. The van der Waals surface area contributed by atoms with Crippen LogP contribution < -0.4 is 10.6 Å². The van der Waals surface area contributed by atoms with E-state index < -0.39 is 0 Å². The predicted molar refractivity (Wildman–Crippen MR) is 63.4 cm³/mol. The van der Waals surface area contributed by atoms with Gasteiger partial charge in [0, 0.05) is 19.1 Å². The molecule has 4 heteroatoms. The van der Waals surface area contributed by atoms with Crippen LogP contribution in [0.4, 0.5) is 5.82 Å². The highest BCUT2D eigenvalue weighted by atomic mass is 16.5. The molecule has 4 nitrogen and oxygen atoms in total. The van der Waals surface area contributed by atoms with Gasteiger partial charge in [-0.05, 0) is 25.0 Å². The molecule has 2 aromatic rings. The first-order valence-electron chi connectivity index (χ1n) is 5.71. The molecule has 1 aliphatic rings. The summed E-state index contributed by atoms with van der Waals surface area (Å²) in [6.07, 6.45) is 2.33. The summed E-state index contributed by atoms with van der Waals surface area (Å²) in [6, 6.07) is 8.37. The van der Waals surface area contributed by atoms with Gasteiger partial charge < -0.3 is 15.2 Å². The Labute approximate surface area is 94.0 Å². The van der Waals surface area contributed by atoms with Crippen molar-refractivity contribution in [2.24, 2.45) is 5.73 Å². The van der Waals surface area contributed by atoms with Crippen LogP contribution in [0.2, 0.25) is 0 Å². The first-order chi connectivity index (χ1) is 7.90. The highest BCUT2D eigenvalue weighted by Gasteiger charge is 2.27. The van der Waals surface area contributed by atoms with E-state index in [1.165, 1.54) is 6.42 Å². The van der Waals surface area contributed by atoms with Gasteiger partial charge >= 0.3 is 0 Å². The fourth-order valence-corrected chi connectivity index (χ4v) is 2.44. The molecule has 84 valence electrons. The third-order valence-electron chi connectivity index (χ3n) is 3.28. The molecule has 1 aromatic heterocycles. The van der Waals surface area contributed by atoms with Gasteiger partial charge in [-0.25, -0.2) is 0 Å². The van der Waals surface area contributed by atoms with Gasteiger partial charge in [0.15, 0.2) is 11.4 Å². The molecule has 0 spiro atoms. The van der Waals surface area contributed by atoms with Crippen molar-refractivity contribution in [3.8, 4) is 0 Å². The van der Waals surface area contributed by atoms with Crippen molar-refractivity contribution in [3.05, 3.63) is 24.3 Å². The van der Waals surface area contributed by atoms with Crippen molar-refractivity contribution < 1.29 is 4.52 Å². The van der Waals surface area contributed by atoms with E-state index in [1.807, 2.05) is 24.3 Å². The lowest BCUT2D eigenvalue weighted by molar-refractivity contribution is 0.453. The van der Waals surface area contributed by atoms with Crippen LogP contribution >= 0.6 is 0 Å². The van der Waals surface area contributed by atoms with Gasteiger partial charge in [0.25, 0.3) is 0 Å². The van der Waals surface area contributed by atoms with Crippen LogP contribution in [0.3, 0.4) is 0 Å². The van der Waals surface area contributed by atoms with Crippen LogP contribution in [0.5, 0.6) is 0 Å². The van der Waals surface area contributed by atoms with Crippen LogP contribution in [0.1, 0.15) is 12.8 Å². The molecular weight excluding hydrogens is 202 g/mol. The van der Waals surface area contributed by atoms with E-state index in [2.05, 4.69) is 10.1 Å². The number of nitrogens with two attached hydrogens (primary N) is 1. The van der Waals surface area contributed by atoms with Crippen LogP contribution in [-0.2, 0) is 0 Å². The molecule has 2 heterocycles. The fraction of sp³-hybridized carbons (Fsp3) is 0.417. The normalized spacial score (nSPS) is 20.8. The first kappa shape index (κ1) is 9.66. The number of rotatable bonds is 2. The summed E-state index contributed by atoms with van der Waals surface area (Å²) in [6.45, 7) is 1.71. The molecule has 0 saturated carbocycles. The molecule has 1 aromatic carbocycles. The Balaban J connectivity index is 2.05. The quantitative estimate of drug-likeness (QED) is 0.832. The topological polar surface area (TPSA) is 55.3 Å². The molecule has 1 aliphatic heterocycles. The second kappa shape index (κ2) is 3.79. The lowest BCUT2D eigenvalue weighted by atomic mass is 10.2. The smallest absolute Gasteiger partial charge is 0.180 e. The number of hydrogen-bond donors (Lipinski definition) is 1. The van der Waals surface area contributed by atoms with E-state index in [9.17, 15) is 0 Å². The van der Waals surface area contributed by atoms with E-state index in [0.29, 0.717) is 12.6 Å². The van der Waals surface area contributed by atoms with Crippen molar-refractivity contribution in [3.63, 3.8) is 0 Å². The molecule has 2 N–H and O–H groups in total. The van der Waals surface area contributed by atoms with Gasteiger partial charge in [-0.15, -0.1) is 0 Å². The van der Waals surface area contributed by atoms with Gasteiger partial charge in [0.05, 0.1) is 5.39 Å². The monoisotopic (exact) mass is 217 g/mol. The minimum absolute atomic E-state index is 0.411. The Morgan fingerprint density at radius 2 is 2.31 bits per heavy atom. The van der Waals surface area contributed by atoms with Gasteiger partial charge in [0.2, 0.25) is 0 Å². The maximum absolute atomic E-state index is 5.77. The minimum Gasteiger partial charge on any atom is -0.354 e. The average Bonchev–Trinajstić information content (AvgIpc) is 2.94. The summed E-state index contributed by atoms with van der Waals surface area (Å²) >= 11 is 0. The average molecular weight is 217 g/mol. The molecule has 0 radical (unpaired) electrons. The molecule has 1 fully saturated rings. The van der Waals surface area contributed by atoms with E-state index in [4.69, 9.17) is 10.3 Å². The highest BCUT2D eigenvalue weighted by Crippen LogP contribution is 2.30. The van der Waals surface area contributed by atoms with Crippen molar-refractivity contribution in [1.29, 1.82) is 0 Å². The molecule has 1 unspecified atom stereocenters. The van der Waals surface area contributed by atoms with Crippen molar-refractivity contribution >= 4 is 16.8 Å².